The molecular formula is C23H22ClFN2O3. The summed E-state index contributed by atoms with van der Waals surface area (Å²) in [6.45, 7) is 1.08. The smallest absolute Gasteiger partial charge is 0.260 e. The average Bonchev–Trinajstić information content (AvgIpc) is 3.22. The van der Waals surface area contributed by atoms with Crippen molar-refractivity contribution in [2.45, 2.75) is 25.2 Å². The Morgan fingerprint density at radius 1 is 1.27 bits per heavy atom. The number of carbonyl (C=O) groups is 1. The van der Waals surface area contributed by atoms with E-state index in [1.54, 1.807) is 23.2 Å². The van der Waals surface area contributed by atoms with Gasteiger partial charge in [0.05, 0.1) is 12.1 Å². The Labute approximate surface area is 179 Å². The Kier molecular flexibility index (Phi) is 6.33. The topological polar surface area (TPSA) is 55.6 Å². The van der Waals surface area contributed by atoms with Gasteiger partial charge in [0.15, 0.2) is 12.5 Å². The van der Waals surface area contributed by atoms with Crippen LogP contribution in [-0.2, 0) is 11.2 Å². The van der Waals surface area contributed by atoms with Gasteiger partial charge in [-0.3, -0.25) is 4.79 Å². The number of aromatic nitrogens is 1. The quantitative estimate of drug-likeness (QED) is 0.563. The molecule has 1 aliphatic rings. The molecule has 7 heteroatoms. The Hall–Kier alpha value is -2.86. The van der Waals surface area contributed by atoms with Crippen molar-refractivity contribution in [2.75, 3.05) is 19.7 Å². The van der Waals surface area contributed by atoms with E-state index in [9.17, 15) is 9.18 Å². The van der Waals surface area contributed by atoms with Gasteiger partial charge in [-0.1, -0.05) is 29.8 Å². The molecule has 0 unspecified atom stereocenters. The van der Waals surface area contributed by atoms with Gasteiger partial charge < -0.3 is 14.1 Å². The van der Waals surface area contributed by atoms with E-state index in [4.69, 9.17) is 20.8 Å². The molecule has 0 spiro atoms. The van der Waals surface area contributed by atoms with Crippen molar-refractivity contribution in [3.8, 4) is 5.75 Å². The van der Waals surface area contributed by atoms with Gasteiger partial charge in [-0.05, 0) is 42.7 Å². The molecule has 0 radical (unpaired) electrons. The molecule has 1 atom stereocenters. The molecule has 5 nitrogen and oxygen atoms in total. The van der Waals surface area contributed by atoms with Crippen LogP contribution in [0.1, 0.15) is 36.0 Å². The SMILES string of the molecule is O=C(COc1cccc(F)c1)N1CCC[C@H](c2ncc(Cc3ccc(Cl)cc3)o2)C1. The third-order valence-electron chi connectivity index (χ3n) is 5.14. The highest BCUT2D eigenvalue weighted by Gasteiger charge is 2.28. The fourth-order valence-electron chi connectivity index (χ4n) is 3.59. The van der Waals surface area contributed by atoms with Gasteiger partial charge in [0, 0.05) is 30.6 Å². The van der Waals surface area contributed by atoms with Crippen LogP contribution >= 0.6 is 11.6 Å². The number of ether oxygens (including phenoxy) is 1. The van der Waals surface area contributed by atoms with E-state index in [0.29, 0.717) is 36.2 Å². The summed E-state index contributed by atoms with van der Waals surface area (Å²) in [5, 5.41) is 0.699. The molecule has 30 heavy (non-hydrogen) atoms. The van der Waals surface area contributed by atoms with Crippen LogP contribution in [0, 0.1) is 5.82 Å². The highest BCUT2D eigenvalue weighted by molar-refractivity contribution is 6.30. The molecule has 1 aliphatic heterocycles. The van der Waals surface area contributed by atoms with Gasteiger partial charge in [0.2, 0.25) is 0 Å². The second kappa shape index (κ2) is 9.30. The number of halogens is 2. The third kappa shape index (κ3) is 5.19. The molecular weight excluding hydrogens is 407 g/mol. The highest BCUT2D eigenvalue weighted by atomic mass is 35.5. The molecule has 3 aromatic rings. The number of likely N-dealkylation sites (tertiary alicyclic amines) is 1. The maximum absolute atomic E-state index is 13.2. The van der Waals surface area contributed by atoms with Gasteiger partial charge in [-0.15, -0.1) is 0 Å². The molecule has 156 valence electrons. The Bertz CT molecular complexity index is 1010. The predicted octanol–water partition coefficient (Wildman–Crippen LogP) is 4.84. The number of amides is 1. The Morgan fingerprint density at radius 3 is 2.90 bits per heavy atom. The van der Waals surface area contributed by atoms with Crippen LogP contribution in [0.2, 0.25) is 5.02 Å². The van der Waals surface area contributed by atoms with E-state index in [1.807, 2.05) is 24.3 Å². The van der Waals surface area contributed by atoms with Crippen LogP contribution in [0.3, 0.4) is 0 Å². The third-order valence-corrected chi connectivity index (χ3v) is 5.40. The van der Waals surface area contributed by atoms with E-state index in [2.05, 4.69) is 4.98 Å². The largest absolute Gasteiger partial charge is 0.484 e. The van der Waals surface area contributed by atoms with Crippen LogP contribution in [0.5, 0.6) is 5.75 Å². The first-order valence-electron chi connectivity index (χ1n) is 9.92. The van der Waals surface area contributed by atoms with E-state index in [0.717, 1.165) is 24.2 Å². The average molecular weight is 429 g/mol. The van der Waals surface area contributed by atoms with Gasteiger partial charge >= 0.3 is 0 Å². The van der Waals surface area contributed by atoms with Crippen molar-refractivity contribution in [3.05, 3.63) is 82.8 Å². The van der Waals surface area contributed by atoms with Crippen LogP contribution in [0.4, 0.5) is 4.39 Å². The van der Waals surface area contributed by atoms with Crippen molar-refractivity contribution in [2.24, 2.45) is 0 Å². The normalized spacial score (nSPS) is 16.5. The lowest BCUT2D eigenvalue weighted by atomic mass is 9.98. The molecule has 1 saturated heterocycles. The van der Waals surface area contributed by atoms with Crippen molar-refractivity contribution >= 4 is 17.5 Å². The molecule has 0 bridgehead atoms. The lowest BCUT2D eigenvalue weighted by Gasteiger charge is -2.31. The summed E-state index contributed by atoms with van der Waals surface area (Å²) < 4.78 is 24.7. The fourth-order valence-corrected chi connectivity index (χ4v) is 3.72. The summed E-state index contributed by atoms with van der Waals surface area (Å²) in [5.74, 6) is 1.31. The summed E-state index contributed by atoms with van der Waals surface area (Å²) in [6.07, 6.45) is 4.17. The van der Waals surface area contributed by atoms with Gasteiger partial charge in [0.25, 0.3) is 5.91 Å². The maximum Gasteiger partial charge on any atom is 0.260 e. The van der Waals surface area contributed by atoms with Crippen molar-refractivity contribution in [1.29, 1.82) is 0 Å². The zero-order valence-corrected chi connectivity index (χ0v) is 17.1. The first kappa shape index (κ1) is 20.4. The molecule has 0 N–H and O–H groups in total. The molecule has 2 heterocycles. The molecule has 0 saturated carbocycles. The van der Waals surface area contributed by atoms with E-state index >= 15 is 0 Å². The van der Waals surface area contributed by atoms with Crippen molar-refractivity contribution in [1.82, 2.24) is 9.88 Å². The minimum atomic E-state index is -0.392. The summed E-state index contributed by atoms with van der Waals surface area (Å²) in [5.41, 5.74) is 1.09. The number of oxazole rings is 1. The van der Waals surface area contributed by atoms with Crippen LogP contribution in [0.15, 0.2) is 59.1 Å². The summed E-state index contributed by atoms with van der Waals surface area (Å²) >= 11 is 5.93. The fraction of sp³-hybridized carbons (Fsp3) is 0.304. The summed E-state index contributed by atoms with van der Waals surface area (Å²) in [6, 6.07) is 13.4. The molecule has 4 rings (SSSR count). The van der Waals surface area contributed by atoms with Crippen molar-refractivity contribution in [3.63, 3.8) is 0 Å². The standard InChI is InChI=1S/C23H22ClFN2O3/c24-18-8-6-16(7-9-18)11-21-13-26-23(30-21)17-3-2-10-27(14-17)22(28)15-29-20-5-1-4-19(25)12-20/h1,4-9,12-13,17H,2-3,10-11,14-15H2/t17-/m0/s1. The number of carbonyl (C=O) groups excluding carboxylic acids is 1. The number of hydrogen-bond acceptors (Lipinski definition) is 4. The zero-order chi connectivity index (χ0) is 20.9. The predicted molar refractivity (Wildman–Crippen MR) is 111 cm³/mol. The lowest BCUT2D eigenvalue weighted by Crippen LogP contribution is -2.41. The molecule has 1 aromatic heterocycles. The first-order chi connectivity index (χ1) is 14.6. The second-order valence-electron chi connectivity index (χ2n) is 7.39. The van der Waals surface area contributed by atoms with E-state index in [1.165, 1.54) is 12.1 Å². The number of hydrogen-bond donors (Lipinski definition) is 0. The first-order valence-corrected chi connectivity index (χ1v) is 10.3. The molecule has 0 aliphatic carbocycles. The Morgan fingerprint density at radius 2 is 2.10 bits per heavy atom. The zero-order valence-electron chi connectivity index (χ0n) is 16.4. The number of piperidine rings is 1. The van der Waals surface area contributed by atoms with Crippen LogP contribution < -0.4 is 4.74 Å². The summed E-state index contributed by atoms with van der Waals surface area (Å²) in [7, 11) is 0. The Balaban J connectivity index is 1.33. The van der Waals surface area contributed by atoms with E-state index in [-0.39, 0.29) is 18.4 Å². The molecule has 1 amide bonds. The lowest BCUT2D eigenvalue weighted by molar-refractivity contribution is -0.134. The minimum absolute atomic E-state index is 0.0517. The van der Waals surface area contributed by atoms with E-state index < -0.39 is 5.82 Å². The van der Waals surface area contributed by atoms with Crippen molar-refractivity contribution < 1.29 is 18.3 Å². The minimum Gasteiger partial charge on any atom is -0.484 e. The number of nitrogens with zero attached hydrogens (tertiary/aromatic N) is 2. The molecule has 1 fully saturated rings. The van der Waals surface area contributed by atoms with Gasteiger partial charge in [-0.2, -0.15) is 0 Å². The van der Waals surface area contributed by atoms with Gasteiger partial charge in [0.1, 0.15) is 17.3 Å². The number of benzene rings is 2. The van der Waals surface area contributed by atoms with Crippen LogP contribution in [-0.4, -0.2) is 35.5 Å². The van der Waals surface area contributed by atoms with Crippen LogP contribution in [0.25, 0.3) is 0 Å². The summed E-state index contributed by atoms with van der Waals surface area (Å²) in [4.78, 5) is 18.8. The maximum atomic E-state index is 13.2. The highest BCUT2D eigenvalue weighted by Crippen LogP contribution is 2.27. The monoisotopic (exact) mass is 428 g/mol. The molecule has 2 aromatic carbocycles. The van der Waals surface area contributed by atoms with Gasteiger partial charge in [-0.25, -0.2) is 9.37 Å². The number of rotatable bonds is 6. The second-order valence-corrected chi connectivity index (χ2v) is 7.83.